The summed E-state index contributed by atoms with van der Waals surface area (Å²) >= 11 is 0. The van der Waals surface area contributed by atoms with Crippen molar-refractivity contribution in [1.82, 2.24) is 4.98 Å². The van der Waals surface area contributed by atoms with Gasteiger partial charge in [0.05, 0.1) is 5.56 Å². The SMILES string of the molecule is Cc1cccc(NC(=O)c2cccnc2NCc2ccccc2)c1. The molecule has 0 aliphatic heterocycles. The molecule has 120 valence electrons. The van der Waals surface area contributed by atoms with Crippen LogP contribution in [0.3, 0.4) is 0 Å². The lowest BCUT2D eigenvalue weighted by Crippen LogP contribution is -2.15. The van der Waals surface area contributed by atoms with E-state index in [0.717, 1.165) is 16.8 Å². The number of pyridine rings is 1. The van der Waals surface area contributed by atoms with E-state index >= 15 is 0 Å². The van der Waals surface area contributed by atoms with Gasteiger partial charge in [0.15, 0.2) is 0 Å². The molecule has 0 saturated carbocycles. The van der Waals surface area contributed by atoms with Crippen molar-refractivity contribution in [1.29, 1.82) is 0 Å². The third-order valence-electron chi connectivity index (χ3n) is 3.63. The first-order valence-electron chi connectivity index (χ1n) is 7.83. The lowest BCUT2D eigenvalue weighted by molar-refractivity contribution is 0.102. The van der Waals surface area contributed by atoms with Crippen molar-refractivity contribution in [2.45, 2.75) is 13.5 Å². The predicted octanol–water partition coefficient (Wildman–Crippen LogP) is 4.25. The average molecular weight is 317 g/mol. The number of hydrogen-bond donors (Lipinski definition) is 2. The van der Waals surface area contributed by atoms with E-state index in [1.165, 1.54) is 0 Å². The minimum Gasteiger partial charge on any atom is -0.365 e. The number of nitrogens with one attached hydrogen (secondary N) is 2. The van der Waals surface area contributed by atoms with Crippen LogP contribution < -0.4 is 10.6 Å². The average Bonchev–Trinajstić information content (AvgIpc) is 2.61. The smallest absolute Gasteiger partial charge is 0.259 e. The zero-order chi connectivity index (χ0) is 16.8. The Kier molecular flexibility index (Phi) is 4.87. The largest absolute Gasteiger partial charge is 0.365 e. The van der Waals surface area contributed by atoms with Gasteiger partial charge in [0, 0.05) is 18.4 Å². The van der Waals surface area contributed by atoms with Gasteiger partial charge in [0.1, 0.15) is 5.82 Å². The minimum absolute atomic E-state index is 0.177. The van der Waals surface area contributed by atoms with E-state index in [-0.39, 0.29) is 5.91 Å². The lowest BCUT2D eigenvalue weighted by Gasteiger charge is -2.11. The first kappa shape index (κ1) is 15.7. The fraction of sp³-hybridized carbons (Fsp3) is 0.100. The number of aryl methyl sites for hydroxylation is 1. The number of aromatic nitrogens is 1. The van der Waals surface area contributed by atoms with Crippen LogP contribution in [0.4, 0.5) is 11.5 Å². The number of carbonyl (C=O) groups is 1. The van der Waals surface area contributed by atoms with Crippen molar-refractivity contribution < 1.29 is 4.79 Å². The van der Waals surface area contributed by atoms with Crippen molar-refractivity contribution in [3.63, 3.8) is 0 Å². The van der Waals surface area contributed by atoms with E-state index in [1.807, 2.05) is 61.5 Å². The first-order chi connectivity index (χ1) is 11.7. The van der Waals surface area contributed by atoms with Crippen LogP contribution in [-0.2, 0) is 6.54 Å². The summed E-state index contributed by atoms with van der Waals surface area (Å²) in [6, 6.07) is 21.3. The van der Waals surface area contributed by atoms with Gasteiger partial charge in [-0.25, -0.2) is 4.98 Å². The number of anilines is 2. The molecule has 0 unspecified atom stereocenters. The van der Waals surface area contributed by atoms with E-state index < -0.39 is 0 Å². The molecule has 2 N–H and O–H groups in total. The second kappa shape index (κ2) is 7.42. The molecule has 0 bridgehead atoms. The van der Waals surface area contributed by atoms with Crippen LogP contribution in [0.1, 0.15) is 21.5 Å². The maximum atomic E-state index is 12.6. The fourth-order valence-corrected chi connectivity index (χ4v) is 2.43. The third-order valence-corrected chi connectivity index (χ3v) is 3.63. The Balaban J connectivity index is 1.74. The van der Waals surface area contributed by atoms with Gasteiger partial charge in [-0.05, 0) is 42.3 Å². The third kappa shape index (κ3) is 3.98. The van der Waals surface area contributed by atoms with Gasteiger partial charge >= 0.3 is 0 Å². The summed E-state index contributed by atoms with van der Waals surface area (Å²) in [5, 5.41) is 6.15. The molecule has 0 aliphatic carbocycles. The fourth-order valence-electron chi connectivity index (χ4n) is 2.43. The molecule has 1 aromatic heterocycles. The zero-order valence-electron chi connectivity index (χ0n) is 13.5. The van der Waals surface area contributed by atoms with Crippen molar-refractivity contribution in [3.8, 4) is 0 Å². The van der Waals surface area contributed by atoms with Gasteiger partial charge < -0.3 is 10.6 Å². The van der Waals surface area contributed by atoms with Crippen molar-refractivity contribution in [2.75, 3.05) is 10.6 Å². The molecule has 0 spiro atoms. The van der Waals surface area contributed by atoms with Crippen LogP contribution in [0.5, 0.6) is 0 Å². The normalized spacial score (nSPS) is 10.2. The van der Waals surface area contributed by atoms with E-state index in [0.29, 0.717) is 17.9 Å². The summed E-state index contributed by atoms with van der Waals surface area (Å²) in [6.07, 6.45) is 1.68. The molecule has 1 heterocycles. The van der Waals surface area contributed by atoms with Crippen molar-refractivity contribution in [2.24, 2.45) is 0 Å². The van der Waals surface area contributed by atoms with E-state index in [4.69, 9.17) is 0 Å². The second-order valence-corrected chi connectivity index (χ2v) is 5.56. The molecule has 0 fully saturated rings. The number of benzene rings is 2. The van der Waals surface area contributed by atoms with Crippen molar-refractivity contribution in [3.05, 3.63) is 89.6 Å². The molecule has 24 heavy (non-hydrogen) atoms. The zero-order valence-corrected chi connectivity index (χ0v) is 13.5. The van der Waals surface area contributed by atoms with Gasteiger partial charge in [0.25, 0.3) is 5.91 Å². The number of hydrogen-bond acceptors (Lipinski definition) is 3. The molecule has 2 aromatic carbocycles. The Morgan fingerprint density at radius 2 is 1.83 bits per heavy atom. The van der Waals surface area contributed by atoms with Crippen LogP contribution in [0.2, 0.25) is 0 Å². The predicted molar refractivity (Wildman–Crippen MR) is 97.1 cm³/mol. The molecule has 0 radical (unpaired) electrons. The van der Waals surface area contributed by atoms with Gasteiger partial charge in [-0.3, -0.25) is 4.79 Å². The number of amides is 1. The number of carbonyl (C=O) groups excluding carboxylic acids is 1. The Labute approximate surface area is 141 Å². The van der Waals surface area contributed by atoms with Gasteiger partial charge in [-0.1, -0.05) is 42.5 Å². The van der Waals surface area contributed by atoms with Crippen LogP contribution in [-0.4, -0.2) is 10.9 Å². The summed E-state index contributed by atoms with van der Waals surface area (Å²) in [6.45, 7) is 2.61. The molecule has 0 atom stereocenters. The maximum absolute atomic E-state index is 12.6. The lowest BCUT2D eigenvalue weighted by atomic mass is 10.2. The molecule has 0 aliphatic rings. The topological polar surface area (TPSA) is 54.0 Å². The second-order valence-electron chi connectivity index (χ2n) is 5.56. The summed E-state index contributed by atoms with van der Waals surface area (Å²) in [7, 11) is 0. The molecule has 3 rings (SSSR count). The first-order valence-corrected chi connectivity index (χ1v) is 7.83. The summed E-state index contributed by atoms with van der Waals surface area (Å²) < 4.78 is 0. The highest BCUT2D eigenvalue weighted by Gasteiger charge is 2.12. The Morgan fingerprint density at radius 3 is 2.62 bits per heavy atom. The molecular weight excluding hydrogens is 298 g/mol. The molecule has 1 amide bonds. The highest BCUT2D eigenvalue weighted by Crippen LogP contribution is 2.16. The molecular formula is C20H19N3O. The summed E-state index contributed by atoms with van der Waals surface area (Å²) in [5.41, 5.74) is 3.53. The van der Waals surface area contributed by atoms with E-state index in [1.54, 1.807) is 18.3 Å². The standard InChI is InChI=1S/C20H19N3O/c1-15-7-5-10-17(13-15)23-20(24)18-11-6-12-21-19(18)22-14-16-8-3-2-4-9-16/h2-13H,14H2,1H3,(H,21,22)(H,23,24). The molecule has 3 aromatic rings. The monoisotopic (exact) mass is 317 g/mol. The quantitative estimate of drug-likeness (QED) is 0.739. The summed E-state index contributed by atoms with van der Waals surface area (Å²) in [4.78, 5) is 16.9. The number of nitrogens with zero attached hydrogens (tertiary/aromatic N) is 1. The highest BCUT2D eigenvalue weighted by molar-refractivity contribution is 6.07. The van der Waals surface area contributed by atoms with Gasteiger partial charge in [-0.15, -0.1) is 0 Å². The van der Waals surface area contributed by atoms with Crippen LogP contribution in [0.15, 0.2) is 72.9 Å². The van der Waals surface area contributed by atoms with Crippen LogP contribution in [0, 0.1) is 6.92 Å². The maximum Gasteiger partial charge on any atom is 0.259 e. The Morgan fingerprint density at radius 1 is 1.00 bits per heavy atom. The highest BCUT2D eigenvalue weighted by atomic mass is 16.1. The van der Waals surface area contributed by atoms with E-state index in [9.17, 15) is 4.79 Å². The van der Waals surface area contributed by atoms with Crippen molar-refractivity contribution >= 4 is 17.4 Å². The minimum atomic E-state index is -0.177. The Hall–Kier alpha value is -3.14. The van der Waals surface area contributed by atoms with Gasteiger partial charge in [-0.2, -0.15) is 0 Å². The molecule has 4 heteroatoms. The van der Waals surface area contributed by atoms with Gasteiger partial charge in [0.2, 0.25) is 0 Å². The summed E-state index contributed by atoms with van der Waals surface area (Å²) in [5.74, 6) is 0.399. The molecule has 0 saturated heterocycles. The van der Waals surface area contributed by atoms with Crippen LogP contribution in [0.25, 0.3) is 0 Å². The Bertz CT molecular complexity index is 831. The van der Waals surface area contributed by atoms with E-state index in [2.05, 4.69) is 15.6 Å². The van der Waals surface area contributed by atoms with Crippen LogP contribution >= 0.6 is 0 Å². The number of rotatable bonds is 5. The molecule has 4 nitrogen and oxygen atoms in total.